The Morgan fingerprint density at radius 2 is 1.85 bits per heavy atom. The molecule has 0 radical (unpaired) electrons. The van der Waals surface area contributed by atoms with Crippen LogP contribution in [0.15, 0.2) is 77.9 Å². The molecule has 1 aromatic heterocycles. The van der Waals surface area contributed by atoms with Gasteiger partial charge in [0, 0.05) is 94.2 Å². The number of hydrogen-bond acceptors (Lipinski definition) is 10. The van der Waals surface area contributed by atoms with Gasteiger partial charge in [0.05, 0.1) is 31.4 Å². The summed E-state index contributed by atoms with van der Waals surface area (Å²) in [6.07, 6.45) is 12.6. The predicted molar refractivity (Wildman–Crippen MR) is 272 cm³/mol. The van der Waals surface area contributed by atoms with Gasteiger partial charge in [0.1, 0.15) is 23.4 Å². The van der Waals surface area contributed by atoms with Crippen molar-refractivity contribution in [1.29, 1.82) is 0 Å². The van der Waals surface area contributed by atoms with Crippen LogP contribution in [0.25, 0.3) is 27.6 Å². The van der Waals surface area contributed by atoms with E-state index in [2.05, 4.69) is 67.1 Å². The summed E-state index contributed by atoms with van der Waals surface area (Å²) >= 11 is 0. The van der Waals surface area contributed by atoms with Gasteiger partial charge >= 0.3 is 5.97 Å². The number of nitrogens with one attached hydrogen (secondary N) is 1. The Kier molecular flexibility index (Phi) is 13.7. The highest BCUT2D eigenvalue weighted by Gasteiger charge is 2.64. The third kappa shape index (κ3) is 9.36. The molecule has 2 N–H and O–H groups in total. The Bertz CT molecular complexity index is 2780. The predicted octanol–water partition coefficient (Wildman–Crippen LogP) is 5.75. The van der Waals surface area contributed by atoms with E-state index in [4.69, 9.17) is 9.47 Å². The van der Waals surface area contributed by atoms with Crippen LogP contribution < -0.4 is 5.32 Å². The monoisotopic (exact) mass is 970 g/mol. The van der Waals surface area contributed by atoms with E-state index in [9.17, 15) is 19.5 Å². The number of hydrazine groups is 1. The molecule has 3 saturated heterocycles. The molecule has 4 atom stereocenters. The molecular weight excluding hydrogens is 899 g/mol. The molecule has 4 fully saturated rings. The van der Waals surface area contributed by atoms with E-state index in [0.29, 0.717) is 57.0 Å². The Balaban J connectivity index is 1.11. The van der Waals surface area contributed by atoms with Crippen molar-refractivity contribution in [3.63, 3.8) is 0 Å². The molecule has 3 aromatic rings. The van der Waals surface area contributed by atoms with Crippen LogP contribution in [0.1, 0.15) is 70.7 Å². The van der Waals surface area contributed by atoms with Crippen LogP contribution in [-0.4, -0.2) is 156 Å². The number of fused-ring (bicyclic) bond motifs is 7. The van der Waals surface area contributed by atoms with Gasteiger partial charge in [-0.3, -0.25) is 29.0 Å². The number of aromatic hydroxyl groups is 1. The number of benzene rings is 2. The molecule has 2 aromatic carbocycles. The molecule has 4 amide bonds. The lowest BCUT2D eigenvalue weighted by molar-refractivity contribution is -0.175. The van der Waals surface area contributed by atoms with Gasteiger partial charge in [-0.15, -0.1) is 0 Å². The average molecular weight is 970 g/mol. The van der Waals surface area contributed by atoms with Gasteiger partial charge in [-0.25, -0.2) is 5.01 Å². The number of carbonyl (C=O) groups is 5. The number of cyclic esters (lactones) is 1. The van der Waals surface area contributed by atoms with Crippen molar-refractivity contribution in [1.82, 2.24) is 34.6 Å². The summed E-state index contributed by atoms with van der Waals surface area (Å²) in [6, 6.07) is 10.2. The zero-order valence-corrected chi connectivity index (χ0v) is 42.9. The van der Waals surface area contributed by atoms with Crippen molar-refractivity contribution >= 4 is 46.1 Å². The highest BCUT2D eigenvalue weighted by atomic mass is 16.5. The average Bonchev–Trinajstić information content (AvgIpc) is 4.23. The lowest BCUT2D eigenvalue weighted by Gasteiger charge is -2.43. The number of ether oxygens (including phenoxy) is 2. The van der Waals surface area contributed by atoms with Crippen LogP contribution in [0.4, 0.5) is 0 Å². The van der Waals surface area contributed by atoms with E-state index in [1.54, 1.807) is 66.3 Å². The number of phenols is 1. The van der Waals surface area contributed by atoms with Crippen LogP contribution >= 0.6 is 0 Å². The third-order valence-corrected chi connectivity index (χ3v) is 15.6. The summed E-state index contributed by atoms with van der Waals surface area (Å²) in [5.74, 6) is -1.93. The first-order valence-electron chi connectivity index (χ1n) is 25.4. The largest absolute Gasteiger partial charge is 0.508 e. The van der Waals surface area contributed by atoms with Crippen LogP contribution in [0.3, 0.4) is 0 Å². The van der Waals surface area contributed by atoms with Crippen molar-refractivity contribution in [3.8, 4) is 16.9 Å². The van der Waals surface area contributed by atoms with E-state index in [1.165, 1.54) is 22.1 Å². The lowest BCUT2D eigenvalue weighted by Crippen LogP contribution is -2.61. The summed E-state index contributed by atoms with van der Waals surface area (Å²) in [4.78, 5) is 76.2. The van der Waals surface area contributed by atoms with Crippen LogP contribution in [-0.2, 0) is 52.8 Å². The molecule has 6 bridgehead atoms. The number of likely N-dealkylation sites (N-methyl/N-ethyl adjacent to an activating group) is 3. The quantitative estimate of drug-likeness (QED) is 0.138. The molecule has 1 spiro atoms. The van der Waals surface area contributed by atoms with Gasteiger partial charge in [-0.1, -0.05) is 69.7 Å². The number of carbonyl (C=O) groups excluding carboxylic acids is 5. The van der Waals surface area contributed by atoms with Gasteiger partial charge in [0.2, 0.25) is 17.7 Å². The SMILES string of the molecule is CCn1c(C2=C(COC)C3CC3=CC=C2)c2c3cc(ccc31)-c1cc(O)cc(c1)CC1(CN1C(=O)[C@H](C(C)C)N(C)C(=O)C1CN(C(=O)/C=C/CNC)C1)C(=O)N1CCC[C@@H](C(=O)OCC(C)(C)C2)N1C. The summed E-state index contributed by atoms with van der Waals surface area (Å²) in [5, 5.41) is 18.8. The number of allylic oxidation sites excluding steroid dienone is 5. The van der Waals surface area contributed by atoms with Gasteiger partial charge in [-0.05, 0) is 97.7 Å². The summed E-state index contributed by atoms with van der Waals surface area (Å²) < 4.78 is 14.5. The first kappa shape index (κ1) is 49.9. The zero-order chi connectivity index (χ0) is 50.7. The molecule has 5 heterocycles. The molecule has 71 heavy (non-hydrogen) atoms. The molecule has 4 aliphatic heterocycles. The maximum Gasteiger partial charge on any atom is 0.325 e. The molecule has 1 saturated carbocycles. The fourth-order valence-corrected chi connectivity index (χ4v) is 11.7. The van der Waals surface area contributed by atoms with E-state index in [-0.39, 0.29) is 68.0 Å². The number of methoxy groups -OCH3 is 1. The Morgan fingerprint density at radius 1 is 1.07 bits per heavy atom. The van der Waals surface area contributed by atoms with Crippen LogP contribution in [0, 0.1) is 23.2 Å². The van der Waals surface area contributed by atoms with Crippen molar-refractivity contribution < 1.29 is 38.6 Å². The summed E-state index contributed by atoms with van der Waals surface area (Å²) in [6.45, 7) is 13.0. The number of nitrogens with zero attached hydrogens (tertiary/aromatic N) is 6. The summed E-state index contributed by atoms with van der Waals surface area (Å²) in [7, 11) is 6.91. The second kappa shape index (κ2) is 19.5. The number of esters is 1. The molecule has 378 valence electrons. The number of rotatable bonds is 11. The van der Waals surface area contributed by atoms with E-state index in [1.807, 2.05) is 19.9 Å². The molecule has 15 nitrogen and oxygen atoms in total. The first-order chi connectivity index (χ1) is 33.9. The minimum Gasteiger partial charge on any atom is -0.508 e. The fourth-order valence-electron chi connectivity index (χ4n) is 11.7. The van der Waals surface area contributed by atoms with Gasteiger partial charge in [0.25, 0.3) is 5.91 Å². The number of aromatic nitrogens is 1. The number of aryl methyl sites for hydroxylation is 1. The fraction of sp³-hybridized carbons (Fsp3) is 0.518. The lowest BCUT2D eigenvalue weighted by atomic mass is 9.83. The van der Waals surface area contributed by atoms with Crippen molar-refractivity contribution in [2.45, 2.75) is 90.9 Å². The molecule has 15 heteroatoms. The van der Waals surface area contributed by atoms with E-state index in [0.717, 1.165) is 45.3 Å². The van der Waals surface area contributed by atoms with Gasteiger partial charge in [0.15, 0.2) is 0 Å². The maximum atomic E-state index is 15.4. The first-order valence-corrected chi connectivity index (χ1v) is 25.4. The van der Waals surface area contributed by atoms with Crippen molar-refractivity contribution in [3.05, 3.63) is 94.7 Å². The number of amides is 4. The van der Waals surface area contributed by atoms with Gasteiger partial charge < -0.3 is 39.2 Å². The standard InChI is InChI=1S/C56H71N7O8/c1-10-61-46-19-18-36-25-43(46)44(50(61)41-15-11-14-37-26-42(37)45(41)31-70-9)28-55(4,5)33-71-53(68)47-16-13-21-63(59(47)8)54(69)56(27-35-22-38(36)24-40(64)23-35)32-62(56)52(67)49(34(2)3)58(7)51(66)39-29-60(30-39)48(65)17-12-20-57-6/h11-12,14-15,17-19,22-25,34,39,42,47,49,57,64H,10,13,16,20-21,26-33H2,1-9H3/b17-12+/t42?,47-,49-,56?,62?/m0/s1. The topological polar surface area (TPSA) is 157 Å². The second-order valence-corrected chi connectivity index (χ2v) is 21.7. The number of likely N-dealkylation sites (tertiary alicyclic amines) is 1. The molecular formula is C56H71N7O8. The van der Waals surface area contributed by atoms with Crippen LogP contribution in [0.2, 0.25) is 0 Å². The Hall–Kier alpha value is -6.03. The minimum atomic E-state index is -1.38. The molecule has 6 aliphatic rings. The number of phenolic OH excluding ortho intramolecular Hbond substituents is 1. The zero-order valence-electron chi connectivity index (χ0n) is 42.9. The van der Waals surface area contributed by atoms with Gasteiger partial charge in [-0.2, -0.15) is 0 Å². The third-order valence-electron chi connectivity index (χ3n) is 15.6. The normalized spacial score (nSPS) is 23.9. The number of hydrogen-bond donors (Lipinski definition) is 2. The smallest absolute Gasteiger partial charge is 0.325 e. The highest BCUT2D eigenvalue weighted by molar-refractivity contribution is 6.01. The summed E-state index contributed by atoms with van der Waals surface area (Å²) in [5.41, 5.74) is 7.56. The second-order valence-electron chi connectivity index (χ2n) is 21.7. The van der Waals surface area contributed by atoms with Crippen LogP contribution in [0.5, 0.6) is 5.75 Å². The minimum absolute atomic E-state index is 0.0285. The maximum absolute atomic E-state index is 15.4. The van der Waals surface area contributed by atoms with Crippen molar-refractivity contribution in [2.24, 2.45) is 23.2 Å². The van der Waals surface area contributed by atoms with E-state index >= 15 is 9.59 Å². The Labute approximate surface area is 417 Å². The Morgan fingerprint density at radius 3 is 2.56 bits per heavy atom. The van der Waals surface area contributed by atoms with E-state index < -0.39 is 34.9 Å². The molecule has 2 unspecified atom stereocenters. The molecule has 9 rings (SSSR count). The molecule has 2 aliphatic carbocycles. The van der Waals surface area contributed by atoms with Crippen molar-refractivity contribution in [2.75, 3.05) is 74.2 Å². The highest BCUT2D eigenvalue weighted by Crippen LogP contribution is 2.50.